The van der Waals surface area contributed by atoms with Crippen LogP contribution in [0.1, 0.15) is 31.7 Å². The van der Waals surface area contributed by atoms with E-state index in [0.29, 0.717) is 0 Å². The van der Waals surface area contributed by atoms with Gasteiger partial charge in [0.2, 0.25) is 0 Å². The predicted octanol–water partition coefficient (Wildman–Crippen LogP) is 4.58. The molecule has 1 aliphatic carbocycles. The van der Waals surface area contributed by atoms with Gasteiger partial charge in [-0.25, -0.2) is 9.37 Å². The first-order valence-corrected chi connectivity index (χ1v) is 10.6. The Balaban J connectivity index is 1.40. The Bertz CT molecular complexity index is 1190. The molecule has 3 aromatic heterocycles. The highest BCUT2D eigenvalue weighted by molar-refractivity contribution is 5.93. The van der Waals surface area contributed by atoms with Gasteiger partial charge in [-0.05, 0) is 49.9 Å². The van der Waals surface area contributed by atoms with E-state index in [-0.39, 0.29) is 18.0 Å². The first-order chi connectivity index (χ1) is 15.1. The number of rotatable bonds is 5. The smallest absolute Gasteiger partial charge is 0.127 e. The lowest BCUT2D eigenvalue weighted by Gasteiger charge is -2.29. The molecule has 1 aromatic carbocycles. The molecule has 1 fully saturated rings. The molecule has 4 aromatic rings. The lowest BCUT2D eigenvalue weighted by molar-refractivity contribution is 0.131. The summed E-state index contributed by atoms with van der Waals surface area (Å²) < 4.78 is 23.1. The Morgan fingerprint density at radius 3 is 2.55 bits per heavy atom. The molecule has 0 amide bonds. The minimum Gasteiger partial charge on any atom is -0.490 e. The van der Waals surface area contributed by atoms with Crippen molar-refractivity contribution in [1.82, 2.24) is 24.5 Å². The highest BCUT2D eigenvalue weighted by atomic mass is 19.1. The zero-order chi connectivity index (χ0) is 21.4. The molecule has 160 valence electrons. The number of halogens is 1. The molecule has 0 atom stereocenters. The van der Waals surface area contributed by atoms with Crippen molar-refractivity contribution in [2.24, 2.45) is 7.05 Å². The van der Waals surface area contributed by atoms with Crippen molar-refractivity contribution in [1.29, 1.82) is 0 Å². The number of aryl methyl sites for hydroxylation is 1. The van der Waals surface area contributed by atoms with Gasteiger partial charge in [-0.15, -0.1) is 0 Å². The third-order valence-corrected chi connectivity index (χ3v) is 5.93. The number of anilines is 1. The maximum absolute atomic E-state index is 13.1. The number of hydrogen-bond acceptors (Lipinski definition) is 5. The van der Waals surface area contributed by atoms with Gasteiger partial charge in [-0.1, -0.05) is 0 Å². The van der Waals surface area contributed by atoms with Crippen LogP contribution in [0.3, 0.4) is 0 Å². The zero-order valence-corrected chi connectivity index (χ0v) is 17.6. The molecule has 1 aliphatic rings. The lowest BCUT2D eigenvalue weighted by atomic mass is 9.93. The molecule has 31 heavy (non-hydrogen) atoms. The van der Waals surface area contributed by atoms with Gasteiger partial charge in [0.05, 0.1) is 23.9 Å². The molecule has 0 bridgehead atoms. The normalized spacial score (nSPS) is 18.9. The number of benzene rings is 1. The third-order valence-electron chi connectivity index (χ3n) is 5.93. The van der Waals surface area contributed by atoms with Crippen molar-refractivity contribution in [3.63, 3.8) is 0 Å². The Morgan fingerprint density at radius 2 is 1.87 bits per heavy atom. The highest BCUT2D eigenvalue weighted by Gasteiger charge is 2.27. The predicted molar refractivity (Wildman–Crippen MR) is 118 cm³/mol. The van der Waals surface area contributed by atoms with Crippen LogP contribution in [-0.4, -0.2) is 37.7 Å². The molecule has 8 heteroatoms. The Hall–Kier alpha value is -3.42. The summed E-state index contributed by atoms with van der Waals surface area (Å²) in [5.41, 5.74) is 2.96. The van der Waals surface area contributed by atoms with Crippen molar-refractivity contribution < 1.29 is 9.13 Å². The molecule has 0 saturated heterocycles. The van der Waals surface area contributed by atoms with Crippen LogP contribution in [0.2, 0.25) is 0 Å². The summed E-state index contributed by atoms with van der Waals surface area (Å²) in [6.07, 6.45) is 9.62. The molecule has 5 rings (SSSR count). The Kier molecular flexibility index (Phi) is 5.05. The second kappa shape index (κ2) is 8.02. The molecule has 0 radical (unpaired) electrons. The second-order valence-corrected chi connectivity index (χ2v) is 8.03. The van der Waals surface area contributed by atoms with Gasteiger partial charge in [-0.2, -0.15) is 10.2 Å². The van der Waals surface area contributed by atoms with E-state index in [1.54, 1.807) is 16.8 Å². The Morgan fingerprint density at radius 1 is 1.10 bits per heavy atom. The molecule has 1 saturated carbocycles. The minimum absolute atomic E-state index is 0.135. The second-order valence-electron chi connectivity index (χ2n) is 8.03. The summed E-state index contributed by atoms with van der Waals surface area (Å²) in [6.45, 7) is 0. The average molecular weight is 420 g/mol. The van der Waals surface area contributed by atoms with Gasteiger partial charge >= 0.3 is 0 Å². The molecule has 1 N–H and O–H groups in total. The standard InChI is InChI=1S/C23H25FN6O/c1-25-22-11-21-20(13-26-22)23(15-12-27-29(2)14-15)28-30(21)17-5-9-19(10-6-17)31-18-7-3-16(24)4-8-18/h3-4,7-8,11-14,17,19H,5-6,9-10H2,1-2H3,(H,25,26)/t17-,19+. The number of hydrogen-bond donors (Lipinski definition) is 1. The van der Waals surface area contributed by atoms with Crippen LogP contribution in [0.4, 0.5) is 10.2 Å². The number of fused-ring (bicyclic) bond motifs is 1. The van der Waals surface area contributed by atoms with Crippen LogP contribution < -0.4 is 10.1 Å². The highest BCUT2D eigenvalue weighted by Crippen LogP contribution is 2.36. The molecule has 0 aliphatic heterocycles. The van der Waals surface area contributed by atoms with Crippen molar-refractivity contribution in [3.8, 4) is 17.0 Å². The van der Waals surface area contributed by atoms with Crippen molar-refractivity contribution in [3.05, 3.63) is 54.7 Å². The molecule has 3 heterocycles. The largest absolute Gasteiger partial charge is 0.490 e. The molecular weight excluding hydrogens is 395 g/mol. The fourth-order valence-electron chi connectivity index (χ4n) is 4.32. The van der Waals surface area contributed by atoms with Gasteiger partial charge < -0.3 is 10.1 Å². The van der Waals surface area contributed by atoms with Gasteiger partial charge in [0.25, 0.3) is 0 Å². The van der Waals surface area contributed by atoms with Gasteiger partial charge in [-0.3, -0.25) is 9.36 Å². The minimum atomic E-state index is -0.249. The van der Waals surface area contributed by atoms with Crippen LogP contribution in [-0.2, 0) is 7.05 Å². The summed E-state index contributed by atoms with van der Waals surface area (Å²) in [6, 6.07) is 8.59. The van der Waals surface area contributed by atoms with E-state index in [1.807, 2.05) is 32.7 Å². The van der Waals surface area contributed by atoms with E-state index >= 15 is 0 Å². The van der Waals surface area contributed by atoms with E-state index in [1.165, 1.54) is 12.1 Å². The molecule has 0 unspecified atom stereocenters. The first kappa shape index (κ1) is 19.5. The van der Waals surface area contributed by atoms with Gasteiger partial charge in [0.1, 0.15) is 23.1 Å². The summed E-state index contributed by atoms with van der Waals surface area (Å²) in [5.74, 6) is 1.29. The topological polar surface area (TPSA) is 69.8 Å². The van der Waals surface area contributed by atoms with Crippen molar-refractivity contribution >= 4 is 16.7 Å². The van der Waals surface area contributed by atoms with Gasteiger partial charge in [0, 0.05) is 43.5 Å². The van der Waals surface area contributed by atoms with E-state index in [2.05, 4.69) is 26.1 Å². The van der Waals surface area contributed by atoms with Crippen molar-refractivity contribution in [2.75, 3.05) is 12.4 Å². The van der Waals surface area contributed by atoms with Crippen LogP contribution >= 0.6 is 0 Å². The molecule has 7 nitrogen and oxygen atoms in total. The SMILES string of the molecule is CNc1cc2c(cn1)c(-c1cnn(C)c1)nn2[C@H]1CC[C@@H](Oc2ccc(F)cc2)CC1. The maximum atomic E-state index is 13.1. The number of ether oxygens (including phenoxy) is 1. The van der Waals surface area contributed by atoms with Crippen LogP contribution in [0.5, 0.6) is 5.75 Å². The summed E-state index contributed by atoms with van der Waals surface area (Å²) in [5, 5.41) is 13.5. The van der Waals surface area contributed by atoms with Crippen LogP contribution in [0.15, 0.2) is 48.9 Å². The third kappa shape index (κ3) is 3.85. The lowest BCUT2D eigenvalue weighted by Crippen LogP contribution is -2.26. The van der Waals surface area contributed by atoms with Crippen molar-refractivity contribution in [2.45, 2.75) is 37.8 Å². The van der Waals surface area contributed by atoms with E-state index in [0.717, 1.165) is 59.4 Å². The summed E-state index contributed by atoms with van der Waals surface area (Å²) in [7, 11) is 3.78. The summed E-state index contributed by atoms with van der Waals surface area (Å²) in [4.78, 5) is 4.50. The fraction of sp³-hybridized carbons (Fsp3) is 0.348. The van der Waals surface area contributed by atoms with Gasteiger partial charge in [0.15, 0.2) is 0 Å². The quantitative estimate of drug-likeness (QED) is 0.512. The first-order valence-electron chi connectivity index (χ1n) is 10.6. The number of aromatic nitrogens is 5. The number of nitrogens with zero attached hydrogens (tertiary/aromatic N) is 5. The van der Waals surface area contributed by atoms with Crippen LogP contribution in [0, 0.1) is 5.82 Å². The average Bonchev–Trinajstić information content (AvgIpc) is 3.39. The Labute approximate surface area is 179 Å². The van der Waals surface area contributed by atoms with E-state index in [4.69, 9.17) is 9.84 Å². The van der Waals surface area contributed by atoms with Crippen LogP contribution in [0.25, 0.3) is 22.2 Å². The number of pyridine rings is 1. The maximum Gasteiger partial charge on any atom is 0.127 e. The number of nitrogens with one attached hydrogen (secondary N) is 1. The monoisotopic (exact) mass is 420 g/mol. The van der Waals surface area contributed by atoms with E-state index in [9.17, 15) is 4.39 Å². The molecular formula is C23H25FN6O. The zero-order valence-electron chi connectivity index (χ0n) is 17.6. The van der Waals surface area contributed by atoms with E-state index < -0.39 is 0 Å². The fourth-order valence-corrected chi connectivity index (χ4v) is 4.32. The molecule has 0 spiro atoms. The summed E-state index contributed by atoms with van der Waals surface area (Å²) >= 11 is 0.